The lowest BCUT2D eigenvalue weighted by atomic mass is 9.88. The molecule has 0 saturated heterocycles. The summed E-state index contributed by atoms with van der Waals surface area (Å²) in [7, 11) is 0. The summed E-state index contributed by atoms with van der Waals surface area (Å²) in [5.41, 5.74) is -1.78. The monoisotopic (exact) mass is 774 g/mol. The van der Waals surface area contributed by atoms with E-state index in [2.05, 4.69) is 46.1 Å². The van der Waals surface area contributed by atoms with Gasteiger partial charge < -0.3 is 71.5 Å². The number of carboxylic acids is 7. The van der Waals surface area contributed by atoms with Gasteiger partial charge >= 0.3 is 41.8 Å². The molecule has 0 radical (unpaired) electrons. The molecule has 0 saturated carbocycles. The van der Waals surface area contributed by atoms with Gasteiger partial charge in [0.2, 0.25) is 0 Å². The van der Waals surface area contributed by atoms with Crippen LogP contribution in [0.2, 0.25) is 0 Å². The van der Waals surface area contributed by atoms with E-state index in [9.17, 15) is 33.6 Å². The van der Waals surface area contributed by atoms with Crippen LogP contribution in [0.4, 0.5) is 0 Å². The highest BCUT2D eigenvalue weighted by atomic mass is 16.4. The van der Waals surface area contributed by atoms with Gasteiger partial charge in [-0.1, -0.05) is 53.0 Å². The number of rotatable bonds is 15. The van der Waals surface area contributed by atoms with Crippen molar-refractivity contribution in [2.75, 3.05) is 46.2 Å². The van der Waals surface area contributed by atoms with Gasteiger partial charge in [0.15, 0.2) is 0 Å². The quantitative estimate of drug-likeness (QED) is 0.0896. The first kappa shape index (κ1) is 69.0. The smallest absolute Gasteiger partial charge is 0.327 e. The van der Waals surface area contributed by atoms with Gasteiger partial charge in [0.05, 0.1) is 51.7 Å². The fourth-order valence-electron chi connectivity index (χ4n) is 0.785. The Morgan fingerprint density at radius 3 is 0.434 bits per heavy atom. The molecule has 21 nitrogen and oxygen atoms in total. The van der Waals surface area contributed by atoms with Crippen molar-refractivity contribution < 1.29 is 105 Å². The summed E-state index contributed by atoms with van der Waals surface area (Å²) in [4.78, 5) is 64.8. The van der Waals surface area contributed by atoms with Crippen molar-refractivity contribution in [1.29, 1.82) is 0 Å². The van der Waals surface area contributed by atoms with E-state index < -0.39 is 79.0 Å². The summed E-state index contributed by atoms with van der Waals surface area (Å²) in [5, 5.41) is 113. The van der Waals surface area contributed by atoms with E-state index in [1.165, 1.54) is 0 Å². The predicted molar refractivity (Wildman–Crippen MR) is 190 cm³/mol. The van der Waals surface area contributed by atoms with E-state index in [1.54, 1.807) is 0 Å². The third-order valence-corrected chi connectivity index (χ3v) is 4.32. The van der Waals surface area contributed by atoms with Gasteiger partial charge in [-0.25, -0.2) is 33.6 Å². The molecule has 0 amide bonds. The lowest BCUT2D eigenvalue weighted by molar-refractivity contribution is -0.132. The zero-order valence-corrected chi connectivity index (χ0v) is 29.3. The summed E-state index contributed by atoms with van der Waals surface area (Å²) < 4.78 is 0. The molecule has 14 N–H and O–H groups in total. The molecular weight excluding hydrogens is 720 g/mol. The Bertz CT molecular complexity index is 824. The minimum absolute atomic E-state index is 0.156. The number of aliphatic carboxylic acids is 7. The molecule has 0 fully saturated rings. The molecule has 0 unspecified atom stereocenters. The van der Waals surface area contributed by atoms with Crippen molar-refractivity contribution >= 4 is 41.8 Å². The van der Waals surface area contributed by atoms with Crippen LogP contribution in [0.25, 0.3) is 0 Å². The van der Waals surface area contributed by atoms with Gasteiger partial charge in [-0.05, 0) is 6.42 Å². The third-order valence-electron chi connectivity index (χ3n) is 4.32. The van der Waals surface area contributed by atoms with Crippen molar-refractivity contribution in [3.8, 4) is 0 Å². The van der Waals surface area contributed by atoms with Crippen LogP contribution in [-0.4, -0.2) is 160 Å². The number of hydrogen-bond donors (Lipinski definition) is 14. The van der Waals surface area contributed by atoms with Gasteiger partial charge in [-0.15, -0.1) is 0 Å². The number of carboxylic acid groups (broad SMARTS) is 7. The fraction of sp³-hybridized carbons (Fsp3) is 0.344. The highest BCUT2D eigenvalue weighted by molar-refractivity contribution is 5.80. The van der Waals surface area contributed by atoms with Crippen LogP contribution in [0.15, 0.2) is 88.6 Å². The van der Waals surface area contributed by atoms with Crippen molar-refractivity contribution in [3.05, 3.63) is 88.6 Å². The summed E-state index contributed by atoms with van der Waals surface area (Å²) >= 11 is 0. The molecule has 0 aromatic carbocycles. The maximum Gasteiger partial charge on any atom is 0.327 e. The average Bonchev–Trinajstić information content (AvgIpc) is 3.15. The molecule has 308 valence electrons. The molecule has 21 heteroatoms. The van der Waals surface area contributed by atoms with Gasteiger partial charge in [0.1, 0.15) is 0 Å². The molecule has 0 aliphatic rings. The van der Waals surface area contributed by atoms with Gasteiger partial charge in [-0.3, -0.25) is 0 Å². The number of hydrogen-bond acceptors (Lipinski definition) is 14. The molecule has 0 heterocycles. The normalized spacial score (nSPS) is 8.30. The highest BCUT2D eigenvalue weighted by Crippen LogP contribution is 2.18. The number of aliphatic hydroxyl groups excluding tert-OH is 7. The number of aliphatic hydroxyl groups is 7. The van der Waals surface area contributed by atoms with Crippen LogP contribution in [0, 0.1) is 10.8 Å². The highest BCUT2D eigenvalue weighted by Gasteiger charge is 2.26. The Morgan fingerprint density at radius 1 is 0.340 bits per heavy atom. The molecule has 0 aliphatic carbocycles. The van der Waals surface area contributed by atoms with Gasteiger partial charge in [0.25, 0.3) is 0 Å². The molecule has 0 aromatic heterocycles. The fourth-order valence-corrected chi connectivity index (χ4v) is 0.785. The second-order valence-corrected chi connectivity index (χ2v) is 8.26. The minimum Gasteiger partial charge on any atom is -0.478 e. The lowest BCUT2D eigenvalue weighted by Gasteiger charge is -2.24. The van der Waals surface area contributed by atoms with Crippen LogP contribution in [0.1, 0.15) is 13.3 Å². The molecule has 0 spiro atoms. The SMILES string of the molecule is C=CC(=O)O.C=CC(=O)O.C=CC(=O)O.C=CC(=O)O.C=CC(=O)O.C=CC(=O)O.C=CC(=O)O.CCC(CO)(CO)CO.OCC(CO)(CO)CO. The van der Waals surface area contributed by atoms with E-state index >= 15 is 0 Å². The molecule has 0 rings (SSSR count). The first-order chi connectivity index (χ1) is 24.4. The maximum atomic E-state index is 9.25. The van der Waals surface area contributed by atoms with Crippen LogP contribution in [-0.2, 0) is 33.6 Å². The Hall–Kier alpha value is -5.81. The third kappa shape index (κ3) is 87.0. The molecule has 0 bridgehead atoms. The maximum absolute atomic E-state index is 9.25. The van der Waals surface area contributed by atoms with E-state index in [0.717, 1.165) is 42.5 Å². The van der Waals surface area contributed by atoms with Crippen molar-refractivity contribution in [2.24, 2.45) is 10.8 Å². The largest absolute Gasteiger partial charge is 0.478 e. The Balaban J connectivity index is -0.0000000595. The van der Waals surface area contributed by atoms with Crippen molar-refractivity contribution in [3.63, 3.8) is 0 Å². The number of carbonyl (C=O) groups is 7. The summed E-state index contributed by atoms with van der Waals surface area (Å²) in [6.07, 6.45) is 6.43. The van der Waals surface area contributed by atoms with Crippen LogP contribution >= 0.6 is 0 Å². The summed E-state index contributed by atoms with van der Waals surface area (Å²) in [6.45, 7) is 20.5. The Morgan fingerprint density at radius 2 is 0.434 bits per heavy atom. The zero-order chi connectivity index (χ0) is 44.6. The predicted octanol–water partition coefficient (Wildman–Crippen LogP) is -0.899. The molecule has 0 aromatic rings. The second-order valence-electron chi connectivity index (χ2n) is 8.26. The van der Waals surface area contributed by atoms with Crippen molar-refractivity contribution in [1.82, 2.24) is 0 Å². The standard InChI is InChI=1S/C6H14O3.C5H12O4.7C3H4O2/c1-2-6(3-7,4-8)5-9;6-1-5(2-7,3-8)4-9;7*1-2-3(4)5/h7-9H,2-5H2,1H3;6-9H,1-4H2;7*2H,1H2,(H,4,5). The van der Waals surface area contributed by atoms with Gasteiger partial charge in [0, 0.05) is 47.9 Å². The molecule has 0 aliphatic heterocycles. The molecule has 53 heavy (non-hydrogen) atoms. The topological polar surface area (TPSA) is 403 Å². The van der Waals surface area contributed by atoms with Crippen LogP contribution < -0.4 is 0 Å². The van der Waals surface area contributed by atoms with Gasteiger partial charge in [-0.2, -0.15) is 0 Å². The van der Waals surface area contributed by atoms with Crippen LogP contribution in [0.3, 0.4) is 0 Å². The van der Waals surface area contributed by atoms with E-state index in [0.29, 0.717) is 6.42 Å². The first-order valence-electron chi connectivity index (χ1n) is 13.6. The Kier molecular flexibility index (Phi) is 69.0. The minimum atomic E-state index is -1.11. The van der Waals surface area contributed by atoms with Crippen LogP contribution in [0.5, 0.6) is 0 Å². The summed E-state index contributed by atoms with van der Waals surface area (Å²) in [6, 6.07) is 0. The van der Waals surface area contributed by atoms with Crippen molar-refractivity contribution in [2.45, 2.75) is 13.3 Å². The second kappa shape index (κ2) is 53.0. The average molecular weight is 775 g/mol. The van der Waals surface area contributed by atoms with E-state index in [4.69, 9.17) is 71.5 Å². The first-order valence-corrected chi connectivity index (χ1v) is 13.6. The molecule has 0 atom stereocenters. The van der Waals surface area contributed by atoms with E-state index in [1.807, 2.05) is 6.92 Å². The lowest BCUT2D eigenvalue weighted by Crippen LogP contribution is -2.37. The van der Waals surface area contributed by atoms with E-state index in [-0.39, 0.29) is 19.8 Å². The summed E-state index contributed by atoms with van der Waals surface area (Å²) in [5.74, 6) is -6.87. The zero-order valence-electron chi connectivity index (χ0n) is 29.3. The Labute approximate surface area is 306 Å². The molecular formula is C32H54O21.